The first-order valence-electron chi connectivity index (χ1n) is 7.75. The molecular weight excluding hydrogens is 410 g/mol. The van der Waals surface area contributed by atoms with Gasteiger partial charge in [-0.05, 0) is 24.6 Å². The molecule has 0 unspecified atom stereocenters. The van der Waals surface area contributed by atoms with Gasteiger partial charge in [0, 0.05) is 6.07 Å². The van der Waals surface area contributed by atoms with E-state index >= 15 is 0 Å². The van der Waals surface area contributed by atoms with E-state index in [9.17, 15) is 18.0 Å². The summed E-state index contributed by atoms with van der Waals surface area (Å²) < 4.78 is 47.6. The summed E-state index contributed by atoms with van der Waals surface area (Å²) in [6, 6.07) is 4.49. The molecule has 0 radical (unpaired) electrons. The maximum absolute atomic E-state index is 13.0. The molecule has 0 bridgehead atoms. The lowest BCUT2D eigenvalue weighted by Gasteiger charge is -2.13. The van der Waals surface area contributed by atoms with E-state index in [2.05, 4.69) is 14.2 Å². The number of carbonyl (C=O) groups excluding carboxylic acids is 2. The van der Waals surface area contributed by atoms with Crippen LogP contribution < -0.4 is 14.2 Å². The van der Waals surface area contributed by atoms with Gasteiger partial charge in [-0.1, -0.05) is 0 Å². The minimum Gasteiger partial charge on any atom is -0.497 e. The van der Waals surface area contributed by atoms with Crippen LogP contribution in [0.25, 0.3) is 0 Å². The molecule has 0 spiro atoms. The maximum Gasteiger partial charge on any atom is 0.348 e. The second kappa shape index (κ2) is 8.48. The summed E-state index contributed by atoms with van der Waals surface area (Å²) in [6.45, 7) is 1.45. The lowest BCUT2D eigenvalue weighted by molar-refractivity contribution is 0.0596. The fraction of sp³-hybridized carbons (Fsp3) is 0.294. The van der Waals surface area contributed by atoms with Crippen LogP contribution in [0.15, 0.2) is 22.4 Å². The van der Waals surface area contributed by atoms with Gasteiger partial charge in [0.15, 0.2) is 4.21 Å². The van der Waals surface area contributed by atoms with E-state index in [1.54, 1.807) is 6.07 Å². The number of hydrogen-bond acceptors (Lipinski definition) is 9. The molecule has 2 aromatic rings. The van der Waals surface area contributed by atoms with Crippen LogP contribution in [0.3, 0.4) is 0 Å². The summed E-state index contributed by atoms with van der Waals surface area (Å²) in [6.07, 6.45) is 0. The van der Waals surface area contributed by atoms with Crippen molar-refractivity contribution in [2.75, 3.05) is 33.2 Å². The van der Waals surface area contributed by atoms with Gasteiger partial charge in [-0.15, -0.1) is 11.3 Å². The Balaban J connectivity index is 2.60. The monoisotopic (exact) mass is 429 g/mol. The molecule has 0 saturated heterocycles. The van der Waals surface area contributed by atoms with Crippen molar-refractivity contribution in [2.24, 2.45) is 0 Å². The Morgan fingerprint density at radius 3 is 2.18 bits per heavy atom. The van der Waals surface area contributed by atoms with Gasteiger partial charge in [-0.25, -0.2) is 18.0 Å². The number of methoxy groups -OCH3 is 4. The number of carbonyl (C=O) groups is 2. The van der Waals surface area contributed by atoms with Crippen molar-refractivity contribution in [1.82, 2.24) is 0 Å². The van der Waals surface area contributed by atoms with E-state index < -0.39 is 22.0 Å². The van der Waals surface area contributed by atoms with Gasteiger partial charge in [0.05, 0.1) is 39.7 Å². The number of benzene rings is 1. The number of esters is 2. The first-order valence-corrected chi connectivity index (χ1v) is 10.0. The molecule has 1 heterocycles. The van der Waals surface area contributed by atoms with Crippen molar-refractivity contribution in [2.45, 2.75) is 11.1 Å². The van der Waals surface area contributed by atoms with E-state index in [1.807, 2.05) is 0 Å². The van der Waals surface area contributed by atoms with E-state index in [-0.39, 0.29) is 31.7 Å². The zero-order valence-electron chi connectivity index (χ0n) is 15.8. The van der Waals surface area contributed by atoms with Crippen LogP contribution in [0.1, 0.15) is 25.6 Å². The number of thiophene rings is 1. The van der Waals surface area contributed by atoms with Crippen molar-refractivity contribution >= 4 is 39.0 Å². The summed E-state index contributed by atoms with van der Waals surface area (Å²) in [7, 11) is 0.858. The molecule has 0 atom stereocenters. The SMILES string of the molecule is COC(=O)c1sc(S(=O)(=O)Nc2ccc(OC)cc2OC)c(C(=O)OC)c1C. The Morgan fingerprint density at radius 2 is 1.64 bits per heavy atom. The molecule has 0 saturated carbocycles. The van der Waals surface area contributed by atoms with Crippen molar-refractivity contribution in [3.05, 3.63) is 34.2 Å². The molecule has 0 aliphatic heterocycles. The molecule has 0 aliphatic carbocycles. The quantitative estimate of drug-likeness (QED) is 0.667. The average molecular weight is 429 g/mol. The van der Waals surface area contributed by atoms with Crippen LogP contribution in [0.5, 0.6) is 11.5 Å². The van der Waals surface area contributed by atoms with Crippen molar-refractivity contribution in [3.63, 3.8) is 0 Å². The Morgan fingerprint density at radius 1 is 1.00 bits per heavy atom. The molecule has 0 amide bonds. The number of rotatable bonds is 7. The number of ether oxygens (including phenoxy) is 4. The minimum atomic E-state index is -4.26. The van der Waals surface area contributed by atoms with Crippen molar-refractivity contribution in [3.8, 4) is 11.5 Å². The third kappa shape index (κ3) is 4.04. The summed E-state index contributed by atoms with van der Waals surface area (Å²) >= 11 is 0.618. The first kappa shape index (κ1) is 21.5. The number of nitrogens with one attached hydrogen (secondary N) is 1. The molecule has 1 aromatic carbocycles. The fourth-order valence-electron chi connectivity index (χ4n) is 2.38. The van der Waals surface area contributed by atoms with E-state index in [0.717, 1.165) is 14.2 Å². The summed E-state index contributed by atoms with van der Waals surface area (Å²) in [5.41, 5.74) is 0.0587. The van der Waals surface area contributed by atoms with Crippen LogP contribution in [0.4, 0.5) is 5.69 Å². The molecule has 9 nitrogen and oxygen atoms in total. The Hall–Kier alpha value is -2.79. The van der Waals surface area contributed by atoms with Crippen molar-refractivity contribution in [1.29, 1.82) is 0 Å². The summed E-state index contributed by atoms with van der Waals surface area (Å²) in [4.78, 5) is 24.1. The lowest BCUT2D eigenvalue weighted by Crippen LogP contribution is -2.16. The largest absolute Gasteiger partial charge is 0.497 e. The highest BCUT2D eigenvalue weighted by Gasteiger charge is 2.33. The third-order valence-electron chi connectivity index (χ3n) is 3.77. The highest BCUT2D eigenvalue weighted by atomic mass is 32.2. The van der Waals surface area contributed by atoms with Crippen LogP contribution in [-0.2, 0) is 19.5 Å². The normalized spacial score (nSPS) is 10.9. The predicted molar refractivity (Wildman–Crippen MR) is 102 cm³/mol. The predicted octanol–water partition coefficient (Wildman–Crippen LogP) is 2.45. The molecule has 0 fully saturated rings. The summed E-state index contributed by atoms with van der Waals surface area (Å²) in [5.74, 6) is -0.957. The molecule has 11 heteroatoms. The number of anilines is 1. The van der Waals surface area contributed by atoms with E-state index in [1.165, 1.54) is 33.3 Å². The van der Waals surface area contributed by atoms with Gasteiger partial charge in [0.1, 0.15) is 16.4 Å². The molecule has 1 aromatic heterocycles. The number of sulfonamides is 1. The van der Waals surface area contributed by atoms with Crippen molar-refractivity contribution < 1.29 is 37.0 Å². The van der Waals surface area contributed by atoms with Gasteiger partial charge in [0.2, 0.25) is 0 Å². The Labute approximate surface area is 166 Å². The standard InChI is InChI=1S/C17H19NO8S2/c1-9-13(15(19)25-4)17(27-14(9)16(20)26-5)28(21,22)18-11-7-6-10(23-2)8-12(11)24-3/h6-8,18H,1-5H3. The molecule has 152 valence electrons. The minimum absolute atomic E-state index is 0.00929. The van der Waals surface area contributed by atoms with Gasteiger partial charge in [0.25, 0.3) is 10.0 Å². The Bertz CT molecular complexity index is 1010. The highest BCUT2D eigenvalue weighted by Crippen LogP contribution is 2.36. The van der Waals surface area contributed by atoms with Crippen LogP contribution in [0.2, 0.25) is 0 Å². The topological polar surface area (TPSA) is 117 Å². The van der Waals surface area contributed by atoms with Crippen LogP contribution >= 0.6 is 11.3 Å². The van der Waals surface area contributed by atoms with Gasteiger partial charge < -0.3 is 18.9 Å². The van der Waals surface area contributed by atoms with E-state index in [4.69, 9.17) is 9.47 Å². The second-order valence-corrected chi connectivity index (χ2v) is 8.27. The van der Waals surface area contributed by atoms with Gasteiger partial charge in [-0.3, -0.25) is 4.72 Å². The molecule has 0 aliphatic rings. The average Bonchev–Trinajstić information content (AvgIpc) is 3.04. The van der Waals surface area contributed by atoms with E-state index in [0.29, 0.717) is 17.1 Å². The number of hydrogen-bond donors (Lipinski definition) is 1. The molecule has 1 N–H and O–H groups in total. The molecule has 2 rings (SSSR count). The molecular formula is C17H19NO8S2. The fourth-order valence-corrected chi connectivity index (χ4v) is 5.19. The van der Waals surface area contributed by atoms with Crippen LogP contribution in [-0.4, -0.2) is 48.8 Å². The van der Waals surface area contributed by atoms with Gasteiger partial charge in [-0.2, -0.15) is 0 Å². The zero-order chi connectivity index (χ0) is 21.1. The summed E-state index contributed by atoms with van der Waals surface area (Å²) in [5, 5.41) is 0. The first-order chi connectivity index (χ1) is 13.2. The third-order valence-corrected chi connectivity index (χ3v) is 6.93. The maximum atomic E-state index is 13.0. The highest BCUT2D eigenvalue weighted by molar-refractivity contribution is 7.94. The Kier molecular flexibility index (Phi) is 6.52. The van der Waals surface area contributed by atoms with Crippen LogP contribution in [0, 0.1) is 6.92 Å². The zero-order valence-corrected chi connectivity index (χ0v) is 17.4. The van der Waals surface area contributed by atoms with Gasteiger partial charge >= 0.3 is 11.9 Å². The smallest absolute Gasteiger partial charge is 0.348 e. The second-order valence-electron chi connectivity index (χ2n) is 5.37. The molecule has 28 heavy (non-hydrogen) atoms. The lowest BCUT2D eigenvalue weighted by atomic mass is 10.2.